The van der Waals surface area contributed by atoms with Crippen LogP contribution in [0.5, 0.6) is 11.5 Å². The molecular weight excluding hydrogens is 657 g/mol. The zero-order chi connectivity index (χ0) is 35.6. The number of hydrogen-bond acceptors (Lipinski definition) is 3. The number of hydrogen-bond donors (Lipinski definition) is 0. The van der Waals surface area contributed by atoms with Crippen LogP contribution >= 0.6 is 0 Å². The Balaban J connectivity index is 1.01. The summed E-state index contributed by atoms with van der Waals surface area (Å²) in [6, 6.07) is 68.9. The van der Waals surface area contributed by atoms with E-state index in [0.29, 0.717) is 5.82 Å². The molecule has 0 radical (unpaired) electrons. The molecule has 252 valence electrons. The molecule has 8 aromatic carbocycles. The molecule has 2 aliphatic rings. The minimum Gasteiger partial charge on any atom is -0.457 e. The lowest BCUT2D eigenvalue weighted by Crippen LogP contribution is -2.32. The van der Waals surface area contributed by atoms with Crippen molar-refractivity contribution in [2.24, 2.45) is 0 Å². The lowest BCUT2D eigenvalue weighted by molar-refractivity contribution is 0.436. The van der Waals surface area contributed by atoms with Gasteiger partial charge in [0.25, 0.3) is 0 Å². The number of rotatable bonds is 4. The van der Waals surface area contributed by atoms with Gasteiger partial charge in [-0.15, -0.1) is 0 Å². The fraction of sp³-hybridized carbons (Fsp3) is 0.0196. The zero-order valence-corrected chi connectivity index (χ0v) is 29.3. The van der Waals surface area contributed by atoms with Crippen molar-refractivity contribution >= 4 is 10.8 Å². The van der Waals surface area contributed by atoms with Crippen molar-refractivity contribution in [3.05, 3.63) is 216 Å². The van der Waals surface area contributed by atoms with E-state index in [1.54, 1.807) is 0 Å². The Bertz CT molecular complexity index is 2870. The lowest BCUT2D eigenvalue weighted by Gasteiger charge is -2.39. The SMILES string of the molecule is c1ccc(-c2cc(-c3ccc4ccccc4c3)nc(-c3ccc(-c4ccc5c(c4)Oc4ccccc4C54c5ccccc5-c5ccccc54)cc3)n2)cc1. The van der Waals surface area contributed by atoms with Crippen molar-refractivity contribution in [2.45, 2.75) is 5.41 Å². The highest BCUT2D eigenvalue weighted by Gasteiger charge is 2.50. The summed E-state index contributed by atoms with van der Waals surface area (Å²) in [5.74, 6) is 2.46. The molecule has 3 nitrogen and oxygen atoms in total. The van der Waals surface area contributed by atoms with Gasteiger partial charge in [-0.3, -0.25) is 0 Å². The largest absolute Gasteiger partial charge is 0.457 e. The van der Waals surface area contributed by atoms with Gasteiger partial charge < -0.3 is 4.74 Å². The monoisotopic (exact) mass is 688 g/mol. The minimum atomic E-state index is -0.469. The van der Waals surface area contributed by atoms with E-state index in [4.69, 9.17) is 14.7 Å². The minimum absolute atomic E-state index is 0.469. The fourth-order valence-corrected chi connectivity index (χ4v) is 8.68. The van der Waals surface area contributed by atoms with Gasteiger partial charge >= 0.3 is 0 Å². The molecule has 0 amide bonds. The maximum Gasteiger partial charge on any atom is 0.160 e. The van der Waals surface area contributed by atoms with E-state index in [0.717, 1.165) is 56.3 Å². The summed E-state index contributed by atoms with van der Waals surface area (Å²) in [5, 5.41) is 2.39. The zero-order valence-electron chi connectivity index (χ0n) is 29.3. The topological polar surface area (TPSA) is 35.0 Å². The van der Waals surface area contributed by atoms with Crippen LogP contribution in [0.3, 0.4) is 0 Å². The van der Waals surface area contributed by atoms with Gasteiger partial charge in [0.15, 0.2) is 5.82 Å². The quantitative estimate of drug-likeness (QED) is 0.185. The number of fused-ring (bicyclic) bond motifs is 10. The molecule has 1 aliphatic carbocycles. The maximum absolute atomic E-state index is 6.77. The second kappa shape index (κ2) is 12.0. The molecule has 54 heavy (non-hydrogen) atoms. The maximum atomic E-state index is 6.77. The van der Waals surface area contributed by atoms with Crippen molar-refractivity contribution in [3.63, 3.8) is 0 Å². The van der Waals surface area contributed by atoms with Gasteiger partial charge in [-0.1, -0.05) is 170 Å². The van der Waals surface area contributed by atoms with Crippen LogP contribution in [-0.2, 0) is 5.41 Å². The third-order valence-corrected chi connectivity index (χ3v) is 11.2. The lowest BCUT2D eigenvalue weighted by atomic mass is 9.66. The molecular formula is C51H32N2O. The number of aromatic nitrogens is 2. The third-order valence-electron chi connectivity index (χ3n) is 11.2. The van der Waals surface area contributed by atoms with Crippen LogP contribution in [0.15, 0.2) is 194 Å². The molecule has 3 heteroatoms. The molecule has 1 aromatic heterocycles. The van der Waals surface area contributed by atoms with Crippen LogP contribution in [0.25, 0.3) is 66.9 Å². The number of nitrogens with zero attached hydrogens (tertiary/aromatic N) is 2. The van der Waals surface area contributed by atoms with Gasteiger partial charge in [0, 0.05) is 27.8 Å². The van der Waals surface area contributed by atoms with Gasteiger partial charge in [0.05, 0.1) is 16.8 Å². The van der Waals surface area contributed by atoms with E-state index in [2.05, 4.69) is 188 Å². The molecule has 0 N–H and O–H groups in total. The Labute approximate surface area is 313 Å². The van der Waals surface area contributed by atoms with Gasteiger partial charge in [-0.25, -0.2) is 9.97 Å². The van der Waals surface area contributed by atoms with Gasteiger partial charge in [0.2, 0.25) is 0 Å². The Morgan fingerprint density at radius 1 is 0.333 bits per heavy atom. The molecule has 0 saturated carbocycles. The Morgan fingerprint density at radius 2 is 0.889 bits per heavy atom. The van der Waals surface area contributed by atoms with Crippen LogP contribution in [0, 0.1) is 0 Å². The summed E-state index contributed by atoms with van der Waals surface area (Å²) in [6.07, 6.45) is 0. The third kappa shape index (κ3) is 4.62. The first kappa shape index (κ1) is 30.5. The van der Waals surface area contributed by atoms with E-state index in [1.165, 1.54) is 38.6 Å². The summed E-state index contributed by atoms with van der Waals surface area (Å²) < 4.78 is 6.77. The second-order valence-electron chi connectivity index (χ2n) is 14.1. The first-order valence-corrected chi connectivity index (χ1v) is 18.4. The highest BCUT2D eigenvalue weighted by atomic mass is 16.5. The Morgan fingerprint density at radius 3 is 1.65 bits per heavy atom. The highest BCUT2D eigenvalue weighted by Crippen LogP contribution is 2.62. The second-order valence-corrected chi connectivity index (χ2v) is 14.1. The van der Waals surface area contributed by atoms with E-state index in [-0.39, 0.29) is 0 Å². The van der Waals surface area contributed by atoms with Crippen molar-refractivity contribution in [3.8, 4) is 67.7 Å². The molecule has 9 aromatic rings. The number of para-hydroxylation sites is 1. The van der Waals surface area contributed by atoms with Crippen molar-refractivity contribution in [1.29, 1.82) is 0 Å². The van der Waals surface area contributed by atoms with Crippen LogP contribution in [0.1, 0.15) is 22.3 Å². The normalized spacial score (nSPS) is 13.1. The molecule has 0 atom stereocenters. The summed E-state index contributed by atoms with van der Waals surface area (Å²) in [6.45, 7) is 0. The Hall–Kier alpha value is -7.10. The van der Waals surface area contributed by atoms with Crippen molar-refractivity contribution < 1.29 is 4.74 Å². The first-order valence-electron chi connectivity index (χ1n) is 18.4. The molecule has 1 aliphatic heterocycles. The smallest absolute Gasteiger partial charge is 0.160 e. The number of benzene rings is 8. The molecule has 0 saturated heterocycles. The van der Waals surface area contributed by atoms with E-state index in [1.807, 2.05) is 6.07 Å². The molecule has 0 fully saturated rings. The van der Waals surface area contributed by atoms with Crippen molar-refractivity contribution in [2.75, 3.05) is 0 Å². The summed E-state index contributed by atoms with van der Waals surface area (Å²) >= 11 is 0. The van der Waals surface area contributed by atoms with Gasteiger partial charge in [-0.05, 0) is 68.4 Å². The fourth-order valence-electron chi connectivity index (χ4n) is 8.68. The predicted molar refractivity (Wildman–Crippen MR) is 219 cm³/mol. The molecule has 11 rings (SSSR count). The summed E-state index contributed by atoms with van der Waals surface area (Å²) in [4.78, 5) is 10.2. The van der Waals surface area contributed by atoms with Crippen molar-refractivity contribution in [1.82, 2.24) is 9.97 Å². The first-order chi connectivity index (χ1) is 26.7. The Kier molecular flexibility index (Phi) is 6.77. The molecule has 2 heterocycles. The average molecular weight is 689 g/mol. The van der Waals surface area contributed by atoms with Gasteiger partial charge in [0.1, 0.15) is 11.5 Å². The van der Waals surface area contributed by atoms with Crippen LogP contribution in [-0.4, -0.2) is 9.97 Å². The predicted octanol–water partition coefficient (Wildman–Crippen LogP) is 12.8. The molecule has 0 bridgehead atoms. The average Bonchev–Trinajstić information content (AvgIpc) is 3.54. The van der Waals surface area contributed by atoms with E-state index in [9.17, 15) is 0 Å². The van der Waals surface area contributed by atoms with E-state index < -0.39 is 5.41 Å². The molecule has 0 unspecified atom stereocenters. The summed E-state index contributed by atoms with van der Waals surface area (Å²) in [5.41, 5.74) is 14.0. The van der Waals surface area contributed by atoms with Gasteiger partial charge in [-0.2, -0.15) is 0 Å². The standard InChI is InChI=1S/C51H32N2O/c1-2-13-35(14-3-1)46-32-47(39-27-24-33-12-4-5-15-37(33)30-39)53-50(52-46)36-25-22-34(23-26-36)38-28-29-45-49(31-38)54-48-21-11-10-20-44(48)51(45)42-18-8-6-16-40(42)41-17-7-9-19-43(41)51/h1-32H. The van der Waals surface area contributed by atoms with Crippen LogP contribution in [0.4, 0.5) is 0 Å². The highest BCUT2D eigenvalue weighted by molar-refractivity contribution is 5.90. The van der Waals surface area contributed by atoms with E-state index >= 15 is 0 Å². The molecule has 1 spiro atoms. The summed E-state index contributed by atoms with van der Waals surface area (Å²) in [7, 11) is 0. The number of ether oxygens (including phenoxy) is 1. The van der Waals surface area contributed by atoms with Crippen LogP contribution in [0.2, 0.25) is 0 Å². The van der Waals surface area contributed by atoms with Crippen LogP contribution < -0.4 is 4.74 Å².